The van der Waals surface area contributed by atoms with E-state index in [0.29, 0.717) is 18.0 Å². The van der Waals surface area contributed by atoms with Crippen LogP contribution in [0.5, 0.6) is 5.88 Å². The lowest BCUT2D eigenvalue weighted by molar-refractivity contribution is 0.0949. The zero-order chi connectivity index (χ0) is 16.1. The maximum atomic E-state index is 12.3. The Balaban J connectivity index is 1.66. The quantitative estimate of drug-likeness (QED) is 0.917. The van der Waals surface area contributed by atoms with Crippen molar-refractivity contribution in [3.8, 4) is 5.88 Å². The second-order valence-electron chi connectivity index (χ2n) is 5.99. The van der Waals surface area contributed by atoms with E-state index in [1.54, 1.807) is 6.20 Å². The second kappa shape index (κ2) is 7.27. The number of carbonyl (C=O) groups is 1. The number of benzene rings is 1. The molecule has 2 aromatic rings. The van der Waals surface area contributed by atoms with Gasteiger partial charge in [-0.3, -0.25) is 4.79 Å². The van der Waals surface area contributed by atoms with Crippen LogP contribution in [0.1, 0.15) is 47.2 Å². The molecule has 1 fully saturated rings. The average molecular weight is 310 g/mol. The summed E-state index contributed by atoms with van der Waals surface area (Å²) in [6.07, 6.45) is 6.61. The molecular weight excluding hydrogens is 288 g/mol. The molecule has 0 aliphatic heterocycles. The lowest BCUT2D eigenvalue weighted by Crippen LogP contribution is -2.24. The summed E-state index contributed by atoms with van der Waals surface area (Å²) >= 11 is 0. The SMILES string of the molecule is Cc1ccccc1C(=O)NCc1cccnc1OC1CCCC1. The van der Waals surface area contributed by atoms with Crippen molar-refractivity contribution in [3.05, 3.63) is 59.3 Å². The molecule has 120 valence electrons. The van der Waals surface area contributed by atoms with Crippen LogP contribution >= 0.6 is 0 Å². The molecule has 1 N–H and O–H groups in total. The molecule has 0 unspecified atom stereocenters. The minimum absolute atomic E-state index is 0.0706. The van der Waals surface area contributed by atoms with Crippen molar-refractivity contribution in [3.63, 3.8) is 0 Å². The lowest BCUT2D eigenvalue weighted by atomic mass is 10.1. The van der Waals surface area contributed by atoms with Crippen LogP contribution in [0.4, 0.5) is 0 Å². The average Bonchev–Trinajstić information content (AvgIpc) is 3.07. The van der Waals surface area contributed by atoms with E-state index >= 15 is 0 Å². The number of hydrogen-bond donors (Lipinski definition) is 1. The second-order valence-corrected chi connectivity index (χ2v) is 5.99. The van der Waals surface area contributed by atoms with E-state index in [1.807, 2.05) is 43.3 Å². The van der Waals surface area contributed by atoms with Gasteiger partial charge >= 0.3 is 0 Å². The molecule has 1 saturated carbocycles. The molecule has 23 heavy (non-hydrogen) atoms. The van der Waals surface area contributed by atoms with Gasteiger partial charge in [0, 0.05) is 23.9 Å². The number of carbonyl (C=O) groups excluding carboxylic acids is 1. The van der Waals surface area contributed by atoms with Gasteiger partial charge in [-0.15, -0.1) is 0 Å². The van der Waals surface area contributed by atoms with E-state index in [0.717, 1.165) is 24.0 Å². The van der Waals surface area contributed by atoms with Gasteiger partial charge in [0.2, 0.25) is 5.88 Å². The van der Waals surface area contributed by atoms with Crippen molar-refractivity contribution in [2.45, 2.75) is 45.3 Å². The monoisotopic (exact) mass is 310 g/mol. The smallest absolute Gasteiger partial charge is 0.251 e. The normalized spacial score (nSPS) is 14.7. The van der Waals surface area contributed by atoms with Gasteiger partial charge in [-0.05, 0) is 50.3 Å². The first-order valence-corrected chi connectivity index (χ1v) is 8.18. The third-order valence-electron chi connectivity index (χ3n) is 4.26. The fourth-order valence-electron chi connectivity index (χ4n) is 2.93. The van der Waals surface area contributed by atoms with Gasteiger partial charge in [0.25, 0.3) is 5.91 Å². The highest BCUT2D eigenvalue weighted by molar-refractivity contribution is 5.95. The predicted octanol–water partition coefficient (Wildman–Crippen LogP) is 3.64. The fourth-order valence-corrected chi connectivity index (χ4v) is 2.93. The topological polar surface area (TPSA) is 51.2 Å². The third-order valence-corrected chi connectivity index (χ3v) is 4.26. The minimum Gasteiger partial charge on any atom is -0.474 e. The largest absolute Gasteiger partial charge is 0.474 e. The highest BCUT2D eigenvalue weighted by Crippen LogP contribution is 2.25. The molecule has 1 aliphatic rings. The zero-order valence-corrected chi connectivity index (χ0v) is 13.4. The first kappa shape index (κ1) is 15.5. The number of rotatable bonds is 5. The molecule has 3 rings (SSSR count). The number of nitrogens with one attached hydrogen (secondary N) is 1. The van der Waals surface area contributed by atoms with Gasteiger partial charge in [0.05, 0.1) is 0 Å². The summed E-state index contributed by atoms with van der Waals surface area (Å²) < 4.78 is 6.01. The van der Waals surface area contributed by atoms with Gasteiger partial charge in [0.1, 0.15) is 6.10 Å². The first-order chi connectivity index (χ1) is 11.2. The van der Waals surface area contributed by atoms with Crippen LogP contribution in [0, 0.1) is 6.92 Å². The van der Waals surface area contributed by atoms with Crippen LogP contribution in [-0.4, -0.2) is 17.0 Å². The predicted molar refractivity (Wildman–Crippen MR) is 89.5 cm³/mol. The van der Waals surface area contributed by atoms with Crippen LogP contribution in [0.15, 0.2) is 42.6 Å². The van der Waals surface area contributed by atoms with Crippen LogP contribution in [0.3, 0.4) is 0 Å². The van der Waals surface area contributed by atoms with Crippen molar-refractivity contribution in [1.82, 2.24) is 10.3 Å². The van der Waals surface area contributed by atoms with E-state index in [9.17, 15) is 4.79 Å². The summed E-state index contributed by atoms with van der Waals surface area (Å²) in [7, 11) is 0. The van der Waals surface area contributed by atoms with Crippen LogP contribution in [0.25, 0.3) is 0 Å². The molecule has 4 heteroatoms. The number of amides is 1. The number of ether oxygens (including phenoxy) is 1. The Labute approximate surface area is 136 Å². The molecule has 4 nitrogen and oxygen atoms in total. The van der Waals surface area contributed by atoms with Gasteiger partial charge < -0.3 is 10.1 Å². The summed E-state index contributed by atoms with van der Waals surface area (Å²) in [4.78, 5) is 16.7. The Hall–Kier alpha value is -2.36. The number of pyridine rings is 1. The first-order valence-electron chi connectivity index (χ1n) is 8.18. The van der Waals surface area contributed by atoms with Gasteiger partial charge in [-0.2, -0.15) is 0 Å². The summed E-state index contributed by atoms with van der Waals surface area (Å²) in [6, 6.07) is 11.4. The Bertz CT molecular complexity index is 679. The lowest BCUT2D eigenvalue weighted by Gasteiger charge is -2.15. The van der Waals surface area contributed by atoms with Gasteiger partial charge in [-0.1, -0.05) is 24.3 Å². The van der Waals surface area contributed by atoms with E-state index < -0.39 is 0 Å². The molecule has 1 heterocycles. The molecule has 1 amide bonds. The van der Waals surface area contributed by atoms with E-state index in [-0.39, 0.29) is 12.0 Å². The maximum Gasteiger partial charge on any atom is 0.251 e. The Kier molecular flexibility index (Phi) is 4.91. The summed E-state index contributed by atoms with van der Waals surface area (Å²) in [5.74, 6) is 0.572. The standard InChI is InChI=1S/C19H22N2O2/c1-14-7-2-5-11-17(14)18(22)21-13-15-8-6-12-20-19(15)23-16-9-3-4-10-16/h2,5-8,11-12,16H,3-4,9-10,13H2,1H3,(H,21,22). The molecule has 0 bridgehead atoms. The highest BCUT2D eigenvalue weighted by atomic mass is 16.5. The molecule has 0 atom stereocenters. The third kappa shape index (κ3) is 3.89. The maximum absolute atomic E-state index is 12.3. The van der Waals surface area contributed by atoms with Crippen LogP contribution in [-0.2, 0) is 6.54 Å². The number of aromatic nitrogens is 1. The van der Waals surface area contributed by atoms with Gasteiger partial charge in [-0.25, -0.2) is 4.98 Å². The van der Waals surface area contributed by atoms with Crippen molar-refractivity contribution in [1.29, 1.82) is 0 Å². The number of nitrogens with zero attached hydrogens (tertiary/aromatic N) is 1. The summed E-state index contributed by atoms with van der Waals surface area (Å²) in [5, 5.41) is 2.96. The summed E-state index contributed by atoms with van der Waals surface area (Å²) in [5.41, 5.74) is 2.59. The van der Waals surface area contributed by atoms with Crippen molar-refractivity contribution in [2.75, 3.05) is 0 Å². The van der Waals surface area contributed by atoms with E-state index in [1.165, 1.54) is 12.8 Å². The molecule has 1 aromatic heterocycles. The zero-order valence-electron chi connectivity index (χ0n) is 13.4. The molecule has 1 aromatic carbocycles. The number of hydrogen-bond acceptors (Lipinski definition) is 3. The van der Waals surface area contributed by atoms with Crippen LogP contribution in [0.2, 0.25) is 0 Å². The molecule has 0 saturated heterocycles. The molecule has 0 spiro atoms. The molecule has 1 aliphatic carbocycles. The van der Waals surface area contributed by atoms with E-state index in [4.69, 9.17) is 4.74 Å². The minimum atomic E-state index is -0.0706. The fraction of sp³-hybridized carbons (Fsp3) is 0.368. The Morgan fingerprint density at radius 3 is 2.78 bits per heavy atom. The van der Waals surface area contributed by atoms with Crippen LogP contribution < -0.4 is 10.1 Å². The van der Waals surface area contributed by atoms with Crippen molar-refractivity contribution in [2.24, 2.45) is 0 Å². The molecule has 0 radical (unpaired) electrons. The Morgan fingerprint density at radius 1 is 1.22 bits per heavy atom. The summed E-state index contributed by atoms with van der Waals surface area (Å²) in [6.45, 7) is 2.36. The van der Waals surface area contributed by atoms with Crippen molar-refractivity contribution >= 4 is 5.91 Å². The Morgan fingerprint density at radius 2 is 2.00 bits per heavy atom. The molecular formula is C19H22N2O2. The van der Waals surface area contributed by atoms with Crippen molar-refractivity contribution < 1.29 is 9.53 Å². The number of aryl methyl sites for hydroxylation is 1. The van der Waals surface area contributed by atoms with E-state index in [2.05, 4.69) is 10.3 Å². The van der Waals surface area contributed by atoms with Gasteiger partial charge in [0.15, 0.2) is 0 Å². The highest BCUT2D eigenvalue weighted by Gasteiger charge is 2.18.